The van der Waals surface area contributed by atoms with Crippen LogP contribution in [-0.2, 0) is 16.0 Å². The fourth-order valence-electron chi connectivity index (χ4n) is 3.36. The Bertz CT molecular complexity index is 810. The van der Waals surface area contributed by atoms with Crippen molar-refractivity contribution in [2.75, 3.05) is 26.8 Å². The molecular formula is C25H34N2O4. The number of para-hydroxylation sites is 2. The maximum atomic E-state index is 13.2. The Morgan fingerprint density at radius 3 is 2.32 bits per heavy atom. The number of carbonyl (C=O) groups excluding carboxylic acids is 2. The minimum atomic E-state index is -0.533. The highest BCUT2D eigenvalue weighted by Crippen LogP contribution is 2.25. The molecule has 0 aliphatic rings. The quantitative estimate of drug-likeness (QED) is 0.494. The third-order valence-electron chi connectivity index (χ3n) is 5.12. The molecule has 0 aromatic heterocycles. The highest BCUT2D eigenvalue weighted by molar-refractivity contribution is 5.88. The van der Waals surface area contributed by atoms with E-state index in [0.29, 0.717) is 37.4 Å². The van der Waals surface area contributed by atoms with Crippen LogP contribution in [0.2, 0.25) is 0 Å². The van der Waals surface area contributed by atoms with E-state index >= 15 is 0 Å². The van der Waals surface area contributed by atoms with E-state index in [1.807, 2.05) is 49.4 Å². The summed E-state index contributed by atoms with van der Waals surface area (Å²) >= 11 is 0. The number of benzene rings is 2. The average molecular weight is 427 g/mol. The zero-order chi connectivity index (χ0) is 22.5. The molecule has 0 bridgehead atoms. The molecule has 0 saturated heterocycles. The van der Waals surface area contributed by atoms with Crippen LogP contribution in [-0.4, -0.2) is 49.6 Å². The zero-order valence-electron chi connectivity index (χ0n) is 18.8. The lowest BCUT2D eigenvalue weighted by Crippen LogP contribution is -2.51. The van der Waals surface area contributed by atoms with E-state index in [-0.39, 0.29) is 18.4 Å². The van der Waals surface area contributed by atoms with Gasteiger partial charge in [0, 0.05) is 13.1 Å². The normalized spacial score (nSPS) is 11.5. The summed E-state index contributed by atoms with van der Waals surface area (Å²) in [6.45, 7) is 4.90. The van der Waals surface area contributed by atoms with Crippen molar-refractivity contribution >= 4 is 11.8 Å². The van der Waals surface area contributed by atoms with Crippen LogP contribution in [0.15, 0.2) is 54.6 Å². The van der Waals surface area contributed by atoms with Gasteiger partial charge in [0.05, 0.1) is 7.11 Å². The highest BCUT2D eigenvalue weighted by atomic mass is 16.5. The zero-order valence-corrected chi connectivity index (χ0v) is 18.8. The van der Waals surface area contributed by atoms with Crippen LogP contribution < -0.4 is 14.8 Å². The van der Waals surface area contributed by atoms with E-state index in [1.54, 1.807) is 24.1 Å². The molecule has 0 aliphatic heterocycles. The minimum absolute atomic E-state index is 0.116. The summed E-state index contributed by atoms with van der Waals surface area (Å²) in [4.78, 5) is 27.6. The number of hydrogen-bond acceptors (Lipinski definition) is 4. The Kier molecular flexibility index (Phi) is 10.4. The molecule has 2 aromatic carbocycles. The number of rotatable bonds is 13. The molecule has 1 atom stereocenters. The van der Waals surface area contributed by atoms with Crippen molar-refractivity contribution in [2.45, 2.75) is 45.6 Å². The standard InChI is InChI=1S/C25H34N2O4/c1-4-6-17-26-25(29)21(5-2)27(18-16-20-12-8-7-9-13-20)24(28)19-31-23-15-11-10-14-22(23)30-3/h7-15,21H,4-6,16-19H2,1-3H3,(H,26,29)/t21-/m1/s1. The molecule has 0 heterocycles. The first-order valence-corrected chi connectivity index (χ1v) is 11.0. The van der Waals surface area contributed by atoms with Gasteiger partial charge in [-0.25, -0.2) is 0 Å². The van der Waals surface area contributed by atoms with Crippen molar-refractivity contribution in [3.63, 3.8) is 0 Å². The van der Waals surface area contributed by atoms with Gasteiger partial charge in [-0.15, -0.1) is 0 Å². The van der Waals surface area contributed by atoms with Gasteiger partial charge in [-0.2, -0.15) is 0 Å². The molecule has 0 unspecified atom stereocenters. The third kappa shape index (κ3) is 7.63. The molecule has 168 valence electrons. The maximum absolute atomic E-state index is 13.2. The van der Waals surface area contributed by atoms with Crippen molar-refractivity contribution < 1.29 is 19.1 Å². The molecule has 31 heavy (non-hydrogen) atoms. The van der Waals surface area contributed by atoms with Gasteiger partial charge in [0.25, 0.3) is 5.91 Å². The molecule has 0 aliphatic carbocycles. The van der Waals surface area contributed by atoms with Crippen LogP contribution in [0.4, 0.5) is 0 Å². The van der Waals surface area contributed by atoms with E-state index in [2.05, 4.69) is 12.2 Å². The Hall–Kier alpha value is -3.02. The second-order valence-corrected chi connectivity index (χ2v) is 7.33. The second kappa shape index (κ2) is 13.3. The molecule has 0 radical (unpaired) electrons. The lowest BCUT2D eigenvalue weighted by Gasteiger charge is -2.30. The minimum Gasteiger partial charge on any atom is -0.493 e. The molecular weight excluding hydrogens is 392 g/mol. The van der Waals surface area contributed by atoms with Gasteiger partial charge in [0.15, 0.2) is 18.1 Å². The number of amides is 2. The molecule has 6 heteroatoms. The lowest BCUT2D eigenvalue weighted by atomic mass is 10.1. The van der Waals surface area contributed by atoms with Crippen molar-refractivity contribution in [1.29, 1.82) is 0 Å². The first-order chi connectivity index (χ1) is 15.1. The molecule has 0 saturated carbocycles. The van der Waals surface area contributed by atoms with E-state index in [1.165, 1.54) is 0 Å². The number of unbranched alkanes of at least 4 members (excludes halogenated alkanes) is 1. The molecule has 0 fully saturated rings. The van der Waals surface area contributed by atoms with Crippen LogP contribution in [0.25, 0.3) is 0 Å². The van der Waals surface area contributed by atoms with Crippen LogP contribution in [0.5, 0.6) is 11.5 Å². The molecule has 2 aromatic rings. The Balaban J connectivity index is 2.12. The largest absolute Gasteiger partial charge is 0.493 e. The first kappa shape index (κ1) is 24.3. The van der Waals surface area contributed by atoms with Crippen LogP contribution in [0, 0.1) is 0 Å². The Morgan fingerprint density at radius 1 is 1.00 bits per heavy atom. The molecule has 2 rings (SSSR count). The summed E-state index contributed by atoms with van der Waals surface area (Å²) in [7, 11) is 1.56. The van der Waals surface area contributed by atoms with Gasteiger partial charge in [0.1, 0.15) is 6.04 Å². The predicted molar refractivity (Wildman–Crippen MR) is 122 cm³/mol. The lowest BCUT2D eigenvalue weighted by molar-refractivity contribution is -0.142. The summed E-state index contributed by atoms with van der Waals surface area (Å²) in [5, 5.41) is 2.97. The van der Waals surface area contributed by atoms with Crippen LogP contribution in [0.3, 0.4) is 0 Å². The summed E-state index contributed by atoms with van der Waals surface area (Å²) in [6, 6.07) is 16.6. The van der Waals surface area contributed by atoms with E-state index in [9.17, 15) is 9.59 Å². The second-order valence-electron chi connectivity index (χ2n) is 7.33. The predicted octanol–water partition coefficient (Wildman–Crippen LogP) is 3.84. The fraction of sp³-hybridized carbons (Fsp3) is 0.440. The van der Waals surface area contributed by atoms with E-state index in [0.717, 1.165) is 18.4 Å². The fourth-order valence-corrected chi connectivity index (χ4v) is 3.36. The van der Waals surface area contributed by atoms with Crippen molar-refractivity contribution in [2.24, 2.45) is 0 Å². The van der Waals surface area contributed by atoms with Crippen molar-refractivity contribution in [1.82, 2.24) is 10.2 Å². The van der Waals surface area contributed by atoms with Crippen molar-refractivity contribution in [3.8, 4) is 11.5 Å². The van der Waals surface area contributed by atoms with Crippen LogP contribution >= 0.6 is 0 Å². The summed E-state index contributed by atoms with van der Waals surface area (Å²) in [5.74, 6) is 0.728. The molecule has 2 amide bonds. The highest BCUT2D eigenvalue weighted by Gasteiger charge is 2.28. The number of ether oxygens (including phenoxy) is 2. The van der Waals surface area contributed by atoms with E-state index < -0.39 is 6.04 Å². The topological polar surface area (TPSA) is 67.9 Å². The van der Waals surface area contributed by atoms with Crippen molar-refractivity contribution in [3.05, 3.63) is 60.2 Å². The van der Waals surface area contributed by atoms with E-state index in [4.69, 9.17) is 9.47 Å². The third-order valence-corrected chi connectivity index (χ3v) is 5.12. The maximum Gasteiger partial charge on any atom is 0.261 e. The molecule has 6 nitrogen and oxygen atoms in total. The SMILES string of the molecule is CCCCNC(=O)[C@@H](CC)N(CCc1ccccc1)C(=O)COc1ccccc1OC. The number of nitrogens with one attached hydrogen (secondary N) is 1. The van der Waals surface area contributed by atoms with Gasteiger partial charge in [-0.1, -0.05) is 62.7 Å². The van der Waals surface area contributed by atoms with Gasteiger partial charge in [0.2, 0.25) is 5.91 Å². The Labute approximate surface area is 185 Å². The first-order valence-electron chi connectivity index (χ1n) is 11.0. The van der Waals surface area contributed by atoms with Gasteiger partial charge < -0.3 is 19.7 Å². The number of methoxy groups -OCH3 is 1. The number of hydrogen-bond donors (Lipinski definition) is 1. The monoisotopic (exact) mass is 426 g/mol. The number of carbonyl (C=O) groups is 2. The van der Waals surface area contributed by atoms with Gasteiger partial charge in [-0.3, -0.25) is 9.59 Å². The summed E-state index contributed by atoms with van der Waals surface area (Å²) in [5.41, 5.74) is 1.12. The van der Waals surface area contributed by atoms with Gasteiger partial charge >= 0.3 is 0 Å². The number of nitrogens with zero attached hydrogens (tertiary/aromatic N) is 1. The Morgan fingerprint density at radius 2 is 1.68 bits per heavy atom. The average Bonchev–Trinajstić information content (AvgIpc) is 2.81. The van der Waals surface area contributed by atoms with Crippen LogP contribution in [0.1, 0.15) is 38.7 Å². The summed E-state index contributed by atoms with van der Waals surface area (Å²) in [6.07, 6.45) is 3.12. The van der Waals surface area contributed by atoms with Gasteiger partial charge in [-0.05, 0) is 37.0 Å². The summed E-state index contributed by atoms with van der Waals surface area (Å²) < 4.78 is 11.0. The molecule has 0 spiro atoms. The smallest absolute Gasteiger partial charge is 0.261 e. The molecule has 1 N–H and O–H groups in total.